The highest BCUT2D eigenvalue weighted by Crippen LogP contribution is 2.17. The second-order valence-electron chi connectivity index (χ2n) is 6.40. The van der Waals surface area contributed by atoms with Crippen LogP contribution in [0, 0.1) is 6.92 Å². The van der Waals surface area contributed by atoms with Crippen LogP contribution in [0.1, 0.15) is 44.3 Å². The molecule has 1 aliphatic rings. The number of guanidine groups is 1. The van der Waals surface area contributed by atoms with Gasteiger partial charge >= 0.3 is 0 Å². The number of nitrogens with zero attached hydrogens (tertiary/aromatic N) is 3. The first-order valence-corrected chi connectivity index (χ1v) is 8.72. The Morgan fingerprint density at radius 2 is 1.96 bits per heavy atom. The largest absolute Gasteiger partial charge is 0.370 e. The number of para-hydroxylation sites is 2. The Kier molecular flexibility index (Phi) is 7.33. The van der Waals surface area contributed by atoms with Crippen LogP contribution in [0.2, 0.25) is 0 Å². The summed E-state index contributed by atoms with van der Waals surface area (Å²) in [4.78, 5) is 9.09. The van der Waals surface area contributed by atoms with Gasteiger partial charge in [0.05, 0.1) is 17.6 Å². The molecule has 0 aliphatic heterocycles. The van der Waals surface area contributed by atoms with Crippen LogP contribution in [0.15, 0.2) is 29.3 Å². The number of halogens is 1. The first-order chi connectivity index (χ1) is 11.2. The standard InChI is InChI=1S/C18H27N5.HI/c1-14-21-16-10-6-7-11-17(16)23(14)13-12-20-18(19)22-15-8-4-2-3-5-9-15;/h6-7,10-11,15H,2-5,8-9,12-13H2,1H3,(H3,19,20,22);1H. The Morgan fingerprint density at radius 3 is 2.71 bits per heavy atom. The van der Waals surface area contributed by atoms with Gasteiger partial charge < -0.3 is 15.6 Å². The number of hydrogen-bond acceptors (Lipinski definition) is 2. The van der Waals surface area contributed by atoms with E-state index in [4.69, 9.17) is 5.73 Å². The predicted molar refractivity (Wildman–Crippen MR) is 111 cm³/mol. The molecule has 24 heavy (non-hydrogen) atoms. The van der Waals surface area contributed by atoms with E-state index in [1.54, 1.807) is 0 Å². The van der Waals surface area contributed by atoms with E-state index in [9.17, 15) is 0 Å². The average Bonchev–Trinajstić information content (AvgIpc) is 2.71. The first kappa shape index (κ1) is 19.0. The fourth-order valence-corrected chi connectivity index (χ4v) is 3.43. The average molecular weight is 441 g/mol. The summed E-state index contributed by atoms with van der Waals surface area (Å²) in [6.07, 6.45) is 7.71. The number of aromatic nitrogens is 2. The normalized spacial score (nSPS) is 16.6. The summed E-state index contributed by atoms with van der Waals surface area (Å²) in [6, 6.07) is 8.71. The van der Waals surface area contributed by atoms with Gasteiger partial charge in [0.1, 0.15) is 5.82 Å². The quantitative estimate of drug-likeness (QED) is 0.330. The van der Waals surface area contributed by atoms with Crippen LogP contribution in [0.5, 0.6) is 0 Å². The Balaban J connectivity index is 0.00000208. The van der Waals surface area contributed by atoms with Gasteiger partial charge in [0.25, 0.3) is 0 Å². The lowest BCUT2D eigenvalue weighted by Crippen LogP contribution is -2.40. The lowest BCUT2D eigenvalue weighted by Gasteiger charge is -2.16. The predicted octanol–water partition coefficient (Wildman–Crippen LogP) is 3.59. The van der Waals surface area contributed by atoms with Gasteiger partial charge in [-0.15, -0.1) is 24.0 Å². The summed E-state index contributed by atoms with van der Waals surface area (Å²) in [5.41, 5.74) is 8.26. The molecule has 1 heterocycles. The van der Waals surface area contributed by atoms with Gasteiger partial charge in [0.15, 0.2) is 5.96 Å². The third kappa shape index (κ3) is 4.84. The highest BCUT2D eigenvalue weighted by molar-refractivity contribution is 14.0. The second-order valence-corrected chi connectivity index (χ2v) is 6.40. The number of aryl methyl sites for hydroxylation is 1. The van der Waals surface area contributed by atoms with Crippen LogP contribution in [-0.2, 0) is 6.54 Å². The first-order valence-electron chi connectivity index (χ1n) is 8.72. The maximum Gasteiger partial charge on any atom is 0.188 e. The topological polar surface area (TPSA) is 68.2 Å². The highest BCUT2D eigenvalue weighted by atomic mass is 127. The number of benzene rings is 1. The molecule has 0 amide bonds. The summed E-state index contributed by atoms with van der Waals surface area (Å²) in [5, 5.41) is 3.39. The van der Waals surface area contributed by atoms with E-state index >= 15 is 0 Å². The van der Waals surface area contributed by atoms with E-state index in [1.807, 2.05) is 25.1 Å². The monoisotopic (exact) mass is 441 g/mol. The zero-order valence-corrected chi connectivity index (χ0v) is 16.7. The van der Waals surface area contributed by atoms with Crippen molar-refractivity contribution in [3.05, 3.63) is 30.1 Å². The highest BCUT2D eigenvalue weighted by Gasteiger charge is 2.12. The summed E-state index contributed by atoms with van der Waals surface area (Å²) in [7, 11) is 0. The molecule has 1 fully saturated rings. The number of nitrogens with one attached hydrogen (secondary N) is 1. The van der Waals surface area contributed by atoms with Crippen molar-refractivity contribution < 1.29 is 0 Å². The molecular formula is C18H28IN5. The van der Waals surface area contributed by atoms with E-state index in [0.717, 1.165) is 23.4 Å². The van der Waals surface area contributed by atoms with Crippen LogP contribution in [0.3, 0.4) is 0 Å². The van der Waals surface area contributed by atoms with Crippen molar-refractivity contribution in [3.8, 4) is 0 Å². The molecule has 1 aliphatic carbocycles. The third-order valence-electron chi connectivity index (χ3n) is 4.66. The van der Waals surface area contributed by atoms with E-state index < -0.39 is 0 Å². The molecule has 0 radical (unpaired) electrons. The van der Waals surface area contributed by atoms with E-state index in [1.165, 1.54) is 38.5 Å². The van der Waals surface area contributed by atoms with Gasteiger partial charge in [-0.3, -0.25) is 4.99 Å². The smallest absolute Gasteiger partial charge is 0.188 e. The van der Waals surface area contributed by atoms with E-state index in [-0.39, 0.29) is 24.0 Å². The molecule has 132 valence electrons. The van der Waals surface area contributed by atoms with Gasteiger partial charge in [0, 0.05) is 12.6 Å². The van der Waals surface area contributed by atoms with Crippen LogP contribution >= 0.6 is 24.0 Å². The molecule has 1 saturated carbocycles. The minimum Gasteiger partial charge on any atom is -0.370 e. The maximum atomic E-state index is 6.06. The SMILES string of the molecule is Cc1nc2ccccc2n1CCN=C(N)NC1CCCCCC1.I. The van der Waals surface area contributed by atoms with Crippen molar-refractivity contribution >= 4 is 41.0 Å². The molecule has 1 aromatic carbocycles. The molecule has 3 N–H and O–H groups in total. The summed E-state index contributed by atoms with van der Waals surface area (Å²) in [6.45, 7) is 3.52. The minimum absolute atomic E-state index is 0. The van der Waals surface area contributed by atoms with Gasteiger partial charge in [-0.25, -0.2) is 4.98 Å². The van der Waals surface area contributed by atoms with Crippen LogP contribution < -0.4 is 11.1 Å². The number of nitrogens with two attached hydrogens (primary N) is 1. The Bertz CT molecular complexity index is 671. The molecule has 0 bridgehead atoms. The maximum absolute atomic E-state index is 6.06. The molecule has 1 aromatic heterocycles. The lowest BCUT2D eigenvalue weighted by molar-refractivity contribution is 0.529. The molecule has 0 unspecified atom stereocenters. The number of fused-ring (bicyclic) bond motifs is 1. The molecule has 0 spiro atoms. The van der Waals surface area contributed by atoms with Crippen LogP contribution in [0.25, 0.3) is 11.0 Å². The van der Waals surface area contributed by atoms with Crippen molar-refractivity contribution in [2.75, 3.05) is 6.54 Å². The van der Waals surface area contributed by atoms with Crippen LogP contribution in [-0.4, -0.2) is 28.1 Å². The Morgan fingerprint density at radius 1 is 1.25 bits per heavy atom. The minimum atomic E-state index is 0. The summed E-state index contributed by atoms with van der Waals surface area (Å²) < 4.78 is 2.21. The summed E-state index contributed by atoms with van der Waals surface area (Å²) in [5.74, 6) is 1.61. The molecular weight excluding hydrogens is 413 g/mol. The second kappa shape index (κ2) is 9.25. The molecule has 3 rings (SSSR count). The molecule has 6 heteroatoms. The number of imidazole rings is 1. The molecule has 2 aromatic rings. The van der Waals surface area contributed by atoms with Gasteiger partial charge in [-0.05, 0) is 31.9 Å². The van der Waals surface area contributed by atoms with E-state index in [2.05, 4.69) is 25.9 Å². The van der Waals surface area contributed by atoms with Crippen molar-refractivity contribution in [3.63, 3.8) is 0 Å². The molecule has 0 atom stereocenters. The zero-order valence-electron chi connectivity index (χ0n) is 14.4. The van der Waals surface area contributed by atoms with Crippen molar-refractivity contribution in [2.45, 2.75) is 58.0 Å². The van der Waals surface area contributed by atoms with Crippen molar-refractivity contribution in [1.82, 2.24) is 14.9 Å². The number of rotatable bonds is 4. The fourth-order valence-electron chi connectivity index (χ4n) is 3.43. The van der Waals surface area contributed by atoms with Crippen LogP contribution in [0.4, 0.5) is 0 Å². The molecule has 5 nitrogen and oxygen atoms in total. The third-order valence-corrected chi connectivity index (χ3v) is 4.66. The Hall–Kier alpha value is -1.31. The van der Waals surface area contributed by atoms with Crippen molar-refractivity contribution in [2.24, 2.45) is 10.7 Å². The number of aliphatic imine (C=N–C) groups is 1. The van der Waals surface area contributed by atoms with E-state index in [0.29, 0.717) is 18.5 Å². The fraction of sp³-hybridized carbons (Fsp3) is 0.556. The van der Waals surface area contributed by atoms with Gasteiger partial charge in [0.2, 0.25) is 0 Å². The zero-order chi connectivity index (χ0) is 16.1. The van der Waals surface area contributed by atoms with Gasteiger partial charge in [-0.2, -0.15) is 0 Å². The molecule has 0 saturated heterocycles. The van der Waals surface area contributed by atoms with Crippen molar-refractivity contribution in [1.29, 1.82) is 0 Å². The number of hydrogen-bond donors (Lipinski definition) is 2. The lowest BCUT2D eigenvalue weighted by atomic mass is 10.1. The summed E-state index contributed by atoms with van der Waals surface area (Å²) >= 11 is 0. The van der Waals surface area contributed by atoms with Gasteiger partial charge in [-0.1, -0.05) is 37.8 Å². The Labute approximate surface area is 161 Å².